The van der Waals surface area contributed by atoms with E-state index in [1.165, 1.54) is 0 Å². The molecule has 19 heavy (non-hydrogen) atoms. The highest BCUT2D eigenvalue weighted by Crippen LogP contribution is 2.07. The van der Waals surface area contributed by atoms with Gasteiger partial charge in [-0.25, -0.2) is 35.4 Å². The summed E-state index contributed by atoms with van der Waals surface area (Å²) in [7, 11) is 0. The van der Waals surface area contributed by atoms with Gasteiger partial charge < -0.3 is 0 Å². The summed E-state index contributed by atoms with van der Waals surface area (Å²) in [6.07, 6.45) is 0. The van der Waals surface area contributed by atoms with Crippen LogP contribution in [0.2, 0.25) is 0 Å². The second-order valence-electron chi connectivity index (χ2n) is 3.39. The Morgan fingerprint density at radius 1 is 0.737 bits per heavy atom. The molecule has 15 heteroatoms. The summed E-state index contributed by atoms with van der Waals surface area (Å²) in [5.74, 6) is 0. The minimum absolute atomic E-state index is 0.272. The lowest BCUT2D eigenvalue weighted by atomic mass is 10.7. The van der Waals surface area contributed by atoms with Crippen LogP contribution >= 0.6 is 0 Å². The second-order valence-corrected chi connectivity index (χ2v) is 3.39. The van der Waals surface area contributed by atoms with E-state index in [0.717, 1.165) is 0 Å². The molecule has 0 aromatic rings. The molecular formula is C4H8N8O7. The van der Waals surface area contributed by atoms with Crippen LogP contribution in [-0.4, -0.2) is 61.8 Å². The van der Waals surface area contributed by atoms with Gasteiger partial charge >= 0.3 is 0 Å². The minimum Gasteiger partial charge on any atom is -0.235 e. The van der Waals surface area contributed by atoms with E-state index in [4.69, 9.17) is 0 Å². The van der Waals surface area contributed by atoms with Gasteiger partial charge in [0.05, 0.1) is 5.29 Å². The lowest BCUT2D eigenvalue weighted by Gasteiger charge is -2.28. The summed E-state index contributed by atoms with van der Waals surface area (Å²) in [4.78, 5) is 42.3. The number of hydrogen-bond donors (Lipinski definition) is 0. The maximum absolute atomic E-state index is 10.6. The molecule has 0 aromatic heterocycles. The van der Waals surface area contributed by atoms with Crippen LogP contribution in [0.25, 0.3) is 0 Å². The van der Waals surface area contributed by atoms with Crippen LogP contribution < -0.4 is 0 Å². The number of nitroso groups, excluding NO2 is 1. The van der Waals surface area contributed by atoms with Gasteiger partial charge in [0.2, 0.25) is 13.3 Å². The lowest BCUT2D eigenvalue weighted by Crippen LogP contribution is -2.57. The zero-order valence-electron chi connectivity index (χ0n) is 9.26. The van der Waals surface area contributed by atoms with Crippen LogP contribution in [0.15, 0.2) is 5.29 Å². The molecule has 1 aliphatic heterocycles. The molecule has 0 N–H and O–H groups in total. The molecule has 0 aliphatic carbocycles. The Hall–Kier alpha value is -3.00. The largest absolute Gasteiger partial charge is 0.235 e. The molecule has 0 spiro atoms. The molecule has 1 fully saturated rings. The SMILES string of the molecule is O=NN1CN([N+](=O)[O-])CN([N+](=O)[O-])CN([N+](=O)[O-])C1. The zero-order valence-corrected chi connectivity index (χ0v) is 9.26. The minimum atomic E-state index is -1.00. The Morgan fingerprint density at radius 2 is 1.05 bits per heavy atom. The third-order valence-electron chi connectivity index (χ3n) is 2.11. The maximum Gasteiger partial charge on any atom is 0.212 e. The van der Waals surface area contributed by atoms with Crippen molar-refractivity contribution in [3.8, 4) is 0 Å². The standard InChI is InChI=1S/C4H8N8O7/c13-5-6-1-7(10(14)15)3-9(12(18)19)4-8(2-6)11(16)17/h1-4H2. The fourth-order valence-electron chi connectivity index (χ4n) is 1.29. The van der Waals surface area contributed by atoms with Crippen LogP contribution in [0.5, 0.6) is 0 Å². The molecule has 1 heterocycles. The summed E-state index contributed by atoms with van der Waals surface area (Å²) in [6.45, 7) is -3.11. The van der Waals surface area contributed by atoms with Gasteiger partial charge in [0, 0.05) is 0 Å². The average Bonchev–Trinajstić information content (AvgIpc) is 2.27. The lowest BCUT2D eigenvalue weighted by molar-refractivity contribution is -0.745. The highest BCUT2D eigenvalue weighted by Gasteiger charge is 2.36. The average molecular weight is 280 g/mol. The number of nitrogens with zero attached hydrogens (tertiary/aromatic N) is 8. The van der Waals surface area contributed by atoms with E-state index in [9.17, 15) is 35.3 Å². The van der Waals surface area contributed by atoms with Crippen molar-refractivity contribution in [1.29, 1.82) is 0 Å². The molecule has 15 nitrogen and oxygen atoms in total. The summed E-state index contributed by atoms with van der Waals surface area (Å²) < 4.78 is 0. The van der Waals surface area contributed by atoms with Crippen molar-refractivity contribution in [2.24, 2.45) is 5.29 Å². The maximum atomic E-state index is 10.6. The molecule has 1 aliphatic rings. The number of hydrogen-bond acceptors (Lipinski definition) is 8. The number of nitro groups is 3. The molecule has 0 bridgehead atoms. The first kappa shape index (κ1) is 14.1. The van der Waals surface area contributed by atoms with E-state index >= 15 is 0 Å². The Kier molecular flexibility index (Phi) is 4.11. The first-order chi connectivity index (χ1) is 8.85. The fraction of sp³-hybridized carbons (Fsp3) is 1.00. The van der Waals surface area contributed by atoms with Crippen molar-refractivity contribution in [2.45, 2.75) is 0 Å². The van der Waals surface area contributed by atoms with Crippen molar-refractivity contribution in [3.05, 3.63) is 35.3 Å². The summed E-state index contributed by atoms with van der Waals surface area (Å²) in [6, 6.07) is 0. The van der Waals surface area contributed by atoms with Gasteiger partial charge in [-0.1, -0.05) is 15.0 Å². The van der Waals surface area contributed by atoms with E-state index in [1.807, 2.05) is 0 Å². The van der Waals surface area contributed by atoms with Crippen molar-refractivity contribution in [2.75, 3.05) is 26.7 Å². The van der Waals surface area contributed by atoms with Crippen LogP contribution in [0.3, 0.4) is 0 Å². The summed E-state index contributed by atoms with van der Waals surface area (Å²) in [5, 5.41) is 32.8. The van der Waals surface area contributed by atoms with Crippen molar-refractivity contribution < 1.29 is 15.1 Å². The van der Waals surface area contributed by atoms with Crippen molar-refractivity contribution in [3.63, 3.8) is 0 Å². The molecule has 0 saturated carbocycles. The summed E-state index contributed by atoms with van der Waals surface area (Å²) in [5.41, 5.74) is 0. The van der Waals surface area contributed by atoms with Crippen LogP contribution in [0.1, 0.15) is 0 Å². The zero-order chi connectivity index (χ0) is 14.6. The molecular weight excluding hydrogens is 272 g/mol. The molecule has 0 aromatic carbocycles. The van der Waals surface area contributed by atoms with Gasteiger partial charge in [-0.3, -0.25) is 0 Å². The first-order valence-electron chi connectivity index (χ1n) is 4.61. The highest BCUT2D eigenvalue weighted by molar-refractivity contribution is 4.53. The number of hydrazine groups is 3. The topological polar surface area (TPSA) is 172 Å². The van der Waals surface area contributed by atoms with E-state index in [0.29, 0.717) is 15.0 Å². The first-order valence-corrected chi connectivity index (χ1v) is 4.61. The summed E-state index contributed by atoms with van der Waals surface area (Å²) >= 11 is 0. The predicted octanol–water partition coefficient (Wildman–Crippen LogP) is -1.71. The normalized spacial score (nSPS) is 16.6. The monoisotopic (exact) mass is 280 g/mol. The third kappa shape index (κ3) is 3.48. The molecule has 0 unspecified atom stereocenters. The van der Waals surface area contributed by atoms with Gasteiger partial charge in [-0.2, -0.15) is 0 Å². The number of rotatable bonds is 4. The van der Waals surface area contributed by atoms with Crippen molar-refractivity contribution >= 4 is 0 Å². The molecule has 1 rings (SSSR count). The van der Waals surface area contributed by atoms with Crippen LogP contribution in [0, 0.1) is 35.3 Å². The third-order valence-corrected chi connectivity index (χ3v) is 2.11. The van der Waals surface area contributed by atoms with Crippen molar-refractivity contribution in [1.82, 2.24) is 20.0 Å². The highest BCUT2D eigenvalue weighted by atomic mass is 16.7. The Balaban J connectivity index is 2.95. The second kappa shape index (κ2) is 5.56. The molecule has 106 valence electrons. The van der Waals surface area contributed by atoms with E-state index in [2.05, 4.69) is 5.29 Å². The van der Waals surface area contributed by atoms with Gasteiger partial charge in [-0.15, -0.1) is 4.91 Å². The Bertz CT molecular complexity index is 375. The van der Waals surface area contributed by atoms with E-state index < -0.39 is 41.8 Å². The van der Waals surface area contributed by atoms with Gasteiger partial charge in [0.1, 0.15) is 0 Å². The smallest absolute Gasteiger partial charge is 0.212 e. The van der Waals surface area contributed by atoms with Crippen LogP contribution in [-0.2, 0) is 0 Å². The van der Waals surface area contributed by atoms with Gasteiger partial charge in [0.25, 0.3) is 0 Å². The van der Waals surface area contributed by atoms with Crippen LogP contribution in [0.4, 0.5) is 0 Å². The van der Waals surface area contributed by atoms with E-state index in [1.54, 1.807) is 0 Å². The quantitative estimate of drug-likeness (QED) is 0.326. The molecule has 0 amide bonds. The Morgan fingerprint density at radius 3 is 1.32 bits per heavy atom. The van der Waals surface area contributed by atoms with Gasteiger partial charge in [0.15, 0.2) is 28.4 Å². The van der Waals surface area contributed by atoms with Gasteiger partial charge in [-0.05, 0) is 0 Å². The van der Waals surface area contributed by atoms with E-state index in [-0.39, 0.29) is 5.01 Å². The predicted molar refractivity (Wildman–Crippen MR) is 53.6 cm³/mol. The Labute approximate surface area is 103 Å². The molecule has 0 radical (unpaired) electrons. The molecule has 1 saturated heterocycles. The molecule has 0 atom stereocenters. The fourth-order valence-corrected chi connectivity index (χ4v) is 1.29.